The van der Waals surface area contributed by atoms with Gasteiger partial charge in [0.05, 0.1) is 27.5 Å². The van der Waals surface area contributed by atoms with Crippen molar-refractivity contribution >= 4 is 11.0 Å². The van der Waals surface area contributed by atoms with Crippen molar-refractivity contribution in [2.24, 2.45) is 0 Å². The second-order valence-corrected chi connectivity index (χ2v) is 8.33. The lowest BCUT2D eigenvalue weighted by Gasteiger charge is -2.21. The van der Waals surface area contributed by atoms with Crippen LogP contribution in [0.2, 0.25) is 0 Å². The number of rotatable bonds is 6. The van der Waals surface area contributed by atoms with E-state index in [1.165, 1.54) is 0 Å². The molecule has 0 bridgehead atoms. The Morgan fingerprint density at radius 2 is 1.91 bits per heavy atom. The van der Waals surface area contributed by atoms with E-state index in [2.05, 4.69) is 14.9 Å². The molecule has 1 heterocycles. The van der Waals surface area contributed by atoms with Gasteiger partial charge in [0.1, 0.15) is 0 Å². The molecule has 8 heteroatoms. The second-order valence-electron chi connectivity index (χ2n) is 6.34. The summed E-state index contributed by atoms with van der Waals surface area (Å²) >= 11 is 0. The minimum Gasteiger partial charge on any atom is -0.470 e. The number of nitrogens with zero attached hydrogens (tertiary/aromatic N) is 2. The number of ether oxygens (including phenoxy) is 1. The molecule has 0 saturated carbocycles. The average molecular weight is 335 g/mol. The molecule has 5 nitrogen and oxygen atoms in total. The predicted molar refractivity (Wildman–Crippen MR) is 82.3 cm³/mol. The van der Waals surface area contributed by atoms with Gasteiger partial charge in [0.15, 0.2) is 6.61 Å². The molecule has 0 fully saturated rings. The summed E-state index contributed by atoms with van der Waals surface area (Å²) in [5.74, 6) is -2.85. The van der Waals surface area contributed by atoms with Gasteiger partial charge in [-0.05, 0) is 40.7 Å². The van der Waals surface area contributed by atoms with Crippen LogP contribution in [0.1, 0.15) is 51.9 Å². The Labute approximate surface area is 132 Å². The largest absolute Gasteiger partial charge is 0.470 e. The first-order valence-corrected chi connectivity index (χ1v) is 8.08. The van der Waals surface area contributed by atoms with Gasteiger partial charge in [-0.2, -0.15) is 5.10 Å². The maximum Gasteiger partial charge on any atom is 0.278 e. The van der Waals surface area contributed by atoms with Gasteiger partial charge in [0.25, 0.3) is 5.92 Å². The minimum atomic E-state index is -2.93. The van der Waals surface area contributed by atoms with Gasteiger partial charge in [-0.25, -0.2) is 17.7 Å². The number of hydrogen-bond donors (Lipinski definition) is 1. The van der Waals surface area contributed by atoms with Crippen molar-refractivity contribution in [1.29, 1.82) is 0 Å². The zero-order valence-electron chi connectivity index (χ0n) is 13.7. The van der Waals surface area contributed by atoms with Gasteiger partial charge >= 0.3 is 0 Å². The topological polar surface area (TPSA) is 64.1 Å². The second kappa shape index (κ2) is 6.95. The predicted octanol–water partition coefficient (Wildman–Crippen LogP) is 2.93. The Morgan fingerprint density at radius 3 is 2.36 bits per heavy atom. The number of aryl methyl sites for hydroxylation is 1. The number of nitrogens with one attached hydrogen (secondary N) is 1. The molecule has 22 heavy (non-hydrogen) atoms. The Kier molecular flexibility index (Phi) is 5.97. The van der Waals surface area contributed by atoms with E-state index < -0.39 is 28.3 Å². The minimum absolute atomic E-state index is 0.0782. The standard InChI is InChI=1S/C14H23F2N3O2S/c1-9-7-11(10(2)19-22(20)13(3,4)5)17-18-12(9)21-8-14(6,15)16/h7,10,19H,8H2,1-6H3. The monoisotopic (exact) mass is 335 g/mol. The molecule has 0 aromatic carbocycles. The van der Waals surface area contributed by atoms with Gasteiger partial charge in [0, 0.05) is 12.5 Å². The van der Waals surface area contributed by atoms with Gasteiger partial charge in [-0.15, -0.1) is 5.10 Å². The van der Waals surface area contributed by atoms with Gasteiger partial charge in [-0.1, -0.05) is 0 Å². The zero-order chi connectivity index (χ0) is 17.1. The van der Waals surface area contributed by atoms with Crippen LogP contribution in [0, 0.1) is 6.92 Å². The van der Waals surface area contributed by atoms with Crippen LogP contribution in [-0.2, 0) is 11.0 Å². The smallest absolute Gasteiger partial charge is 0.278 e. The van der Waals surface area contributed by atoms with E-state index in [9.17, 15) is 13.0 Å². The summed E-state index contributed by atoms with van der Waals surface area (Å²) in [6.07, 6.45) is 0. The van der Waals surface area contributed by atoms with Crippen molar-refractivity contribution < 1.29 is 17.7 Å². The highest BCUT2D eigenvalue weighted by molar-refractivity contribution is 7.84. The highest BCUT2D eigenvalue weighted by atomic mass is 32.2. The third-order valence-corrected chi connectivity index (χ3v) is 4.38. The fourth-order valence-electron chi connectivity index (χ4n) is 1.44. The molecule has 0 aliphatic rings. The first-order chi connectivity index (χ1) is 9.90. The van der Waals surface area contributed by atoms with Crippen LogP contribution in [0.25, 0.3) is 0 Å². The van der Waals surface area contributed by atoms with Crippen LogP contribution >= 0.6 is 0 Å². The van der Waals surface area contributed by atoms with E-state index in [1.807, 2.05) is 27.7 Å². The lowest BCUT2D eigenvalue weighted by molar-refractivity contribution is -0.0247. The summed E-state index contributed by atoms with van der Waals surface area (Å²) in [6, 6.07) is 1.40. The molecule has 0 aliphatic carbocycles. The number of aromatic nitrogens is 2. The average Bonchev–Trinajstić information content (AvgIpc) is 2.34. The van der Waals surface area contributed by atoms with E-state index in [0.717, 1.165) is 6.92 Å². The SMILES string of the molecule is Cc1cc(C(C)NS(=O)C(C)(C)C)nnc1OCC(C)(F)F. The molecule has 0 aliphatic heterocycles. The quantitative estimate of drug-likeness (QED) is 0.868. The van der Waals surface area contributed by atoms with Crippen LogP contribution in [0.4, 0.5) is 8.78 Å². The summed E-state index contributed by atoms with van der Waals surface area (Å²) in [6.45, 7) is 9.13. The van der Waals surface area contributed by atoms with Crippen molar-refractivity contribution in [2.75, 3.05) is 6.61 Å². The van der Waals surface area contributed by atoms with Crippen molar-refractivity contribution in [3.63, 3.8) is 0 Å². The molecule has 1 N–H and O–H groups in total. The van der Waals surface area contributed by atoms with Crippen molar-refractivity contribution in [2.45, 2.75) is 58.3 Å². The maximum atomic E-state index is 12.8. The van der Waals surface area contributed by atoms with Crippen LogP contribution in [0.5, 0.6) is 5.88 Å². The Morgan fingerprint density at radius 1 is 1.32 bits per heavy atom. The lowest BCUT2D eigenvalue weighted by Crippen LogP contribution is -2.35. The lowest BCUT2D eigenvalue weighted by atomic mass is 10.2. The van der Waals surface area contributed by atoms with Crippen LogP contribution in [0.15, 0.2) is 6.07 Å². The molecular weight excluding hydrogens is 312 g/mol. The van der Waals surface area contributed by atoms with E-state index in [1.54, 1.807) is 13.0 Å². The van der Waals surface area contributed by atoms with Crippen molar-refractivity contribution in [1.82, 2.24) is 14.9 Å². The molecular formula is C14H23F2N3O2S. The Balaban J connectivity index is 2.78. The molecule has 2 unspecified atom stereocenters. The Hall–Kier alpha value is -1.15. The number of alkyl halides is 2. The van der Waals surface area contributed by atoms with Gasteiger partial charge in [-0.3, -0.25) is 0 Å². The number of hydrogen-bond acceptors (Lipinski definition) is 4. The molecule has 126 valence electrons. The van der Waals surface area contributed by atoms with E-state index in [-0.39, 0.29) is 11.9 Å². The molecule has 0 radical (unpaired) electrons. The molecule has 1 aromatic rings. The highest BCUT2D eigenvalue weighted by Gasteiger charge is 2.24. The summed E-state index contributed by atoms with van der Waals surface area (Å²) in [5.41, 5.74) is 1.18. The van der Waals surface area contributed by atoms with Crippen molar-refractivity contribution in [3.8, 4) is 5.88 Å². The molecule has 2 atom stereocenters. The maximum absolute atomic E-state index is 12.8. The van der Waals surface area contributed by atoms with E-state index in [0.29, 0.717) is 11.3 Å². The van der Waals surface area contributed by atoms with E-state index >= 15 is 0 Å². The summed E-state index contributed by atoms with van der Waals surface area (Å²) in [4.78, 5) is 0. The summed E-state index contributed by atoms with van der Waals surface area (Å²) in [5, 5.41) is 7.79. The third kappa shape index (κ3) is 5.92. The molecule has 0 spiro atoms. The molecule has 0 saturated heterocycles. The van der Waals surface area contributed by atoms with Crippen LogP contribution in [-0.4, -0.2) is 31.7 Å². The molecule has 0 amide bonds. The van der Waals surface area contributed by atoms with Crippen molar-refractivity contribution in [3.05, 3.63) is 17.3 Å². The first-order valence-electron chi connectivity index (χ1n) is 6.93. The fraction of sp³-hybridized carbons (Fsp3) is 0.714. The molecule has 1 rings (SSSR count). The Bertz CT molecular complexity index is 542. The third-order valence-electron chi connectivity index (χ3n) is 2.70. The first kappa shape index (κ1) is 18.9. The highest BCUT2D eigenvalue weighted by Crippen LogP contribution is 2.21. The van der Waals surface area contributed by atoms with Crippen LogP contribution in [0.3, 0.4) is 0 Å². The summed E-state index contributed by atoms with van der Waals surface area (Å²) in [7, 11) is -1.24. The van der Waals surface area contributed by atoms with Gasteiger partial charge < -0.3 is 4.74 Å². The zero-order valence-corrected chi connectivity index (χ0v) is 14.6. The van der Waals surface area contributed by atoms with Crippen LogP contribution < -0.4 is 9.46 Å². The van der Waals surface area contributed by atoms with Gasteiger partial charge in [0.2, 0.25) is 5.88 Å². The molecule has 1 aromatic heterocycles. The van der Waals surface area contributed by atoms with E-state index in [4.69, 9.17) is 4.74 Å². The normalized spacial score (nSPS) is 15.5. The fourth-order valence-corrected chi connectivity index (χ4v) is 2.24. The summed E-state index contributed by atoms with van der Waals surface area (Å²) < 4.78 is 45.1. The number of halogens is 2.